The van der Waals surface area contributed by atoms with E-state index in [0.29, 0.717) is 22.9 Å². The highest BCUT2D eigenvalue weighted by molar-refractivity contribution is 6.04. The zero-order chi connectivity index (χ0) is 20.3. The molecule has 3 aromatic rings. The standard InChI is InChI=1S/C22H21N5O/c1-13-8-14(2)21(15(3)9-13)27-22(28)19-11-20(25-16(4)24-19)26-18-7-5-6-17(10-18)12-23/h5-11H,1-4H3,(H,27,28)(H,24,25,26). The minimum atomic E-state index is -0.297. The molecule has 6 heteroatoms. The molecule has 0 spiro atoms. The van der Waals surface area contributed by atoms with E-state index >= 15 is 0 Å². The molecular formula is C22H21N5O. The molecule has 0 aliphatic carbocycles. The van der Waals surface area contributed by atoms with Crippen LogP contribution in [0.2, 0.25) is 0 Å². The molecule has 0 atom stereocenters. The van der Waals surface area contributed by atoms with Gasteiger partial charge in [0.05, 0.1) is 11.6 Å². The Balaban J connectivity index is 1.87. The van der Waals surface area contributed by atoms with Gasteiger partial charge in [-0.05, 0) is 57.0 Å². The molecule has 0 aliphatic rings. The predicted molar refractivity (Wildman–Crippen MR) is 110 cm³/mol. The second-order valence-electron chi connectivity index (χ2n) is 6.73. The highest BCUT2D eigenvalue weighted by Crippen LogP contribution is 2.23. The second-order valence-corrected chi connectivity index (χ2v) is 6.73. The van der Waals surface area contributed by atoms with Crippen LogP contribution in [0.3, 0.4) is 0 Å². The zero-order valence-corrected chi connectivity index (χ0v) is 16.3. The summed E-state index contributed by atoms with van der Waals surface area (Å²) in [6, 6.07) is 14.8. The van der Waals surface area contributed by atoms with E-state index in [1.165, 1.54) is 0 Å². The van der Waals surface area contributed by atoms with Crippen molar-refractivity contribution in [2.75, 3.05) is 10.6 Å². The normalized spacial score (nSPS) is 10.2. The zero-order valence-electron chi connectivity index (χ0n) is 16.3. The molecular weight excluding hydrogens is 350 g/mol. The van der Waals surface area contributed by atoms with Crippen LogP contribution in [0.25, 0.3) is 0 Å². The van der Waals surface area contributed by atoms with E-state index in [4.69, 9.17) is 5.26 Å². The van der Waals surface area contributed by atoms with E-state index in [1.807, 2.05) is 39.0 Å². The van der Waals surface area contributed by atoms with Gasteiger partial charge in [0.25, 0.3) is 5.91 Å². The summed E-state index contributed by atoms with van der Waals surface area (Å²) in [7, 11) is 0. The van der Waals surface area contributed by atoms with Crippen LogP contribution >= 0.6 is 0 Å². The Hall–Kier alpha value is -3.72. The molecule has 0 saturated carbocycles. The number of aromatic nitrogens is 2. The Morgan fingerprint density at radius 2 is 1.71 bits per heavy atom. The number of nitrogens with one attached hydrogen (secondary N) is 2. The predicted octanol–water partition coefficient (Wildman–Crippen LogP) is 4.58. The minimum Gasteiger partial charge on any atom is -0.340 e. The van der Waals surface area contributed by atoms with E-state index in [1.54, 1.807) is 31.2 Å². The number of carbonyl (C=O) groups excluding carboxylic acids is 1. The molecule has 6 nitrogen and oxygen atoms in total. The molecule has 0 fully saturated rings. The first-order valence-corrected chi connectivity index (χ1v) is 8.88. The van der Waals surface area contributed by atoms with Gasteiger partial charge >= 0.3 is 0 Å². The van der Waals surface area contributed by atoms with Crippen molar-refractivity contribution < 1.29 is 4.79 Å². The lowest BCUT2D eigenvalue weighted by Crippen LogP contribution is -2.17. The number of hydrogen-bond acceptors (Lipinski definition) is 5. The smallest absolute Gasteiger partial charge is 0.274 e. The molecule has 2 N–H and O–H groups in total. The van der Waals surface area contributed by atoms with E-state index in [0.717, 1.165) is 22.4 Å². The summed E-state index contributed by atoms with van der Waals surface area (Å²) in [4.78, 5) is 21.4. The number of amides is 1. The van der Waals surface area contributed by atoms with Gasteiger partial charge in [0.15, 0.2) is 0 Å². The third-order valence-electron chi connectivity index (χ3n) is 4.25. The summed E-state index contributed by atoms with van der Waals surface area (Å²) >= 11 is 0. The van der Waals surface area contributed by atoms with Gasteiger partial charge in [-0.15, -0.1) is 0 Å². The minimum absolute atomic E-state index is 0.269. The molecule has 1 aromatic heterocycles. The molecule has 2 aromatic carbocycles. The highest BCUT2D eigenvalue weighted by Gasteiger charge is 2.14. The van der Waals surface area contributed by atoms with E-state index in [9.17, 15) is 4.79 Å². The number of anilines is 3. The lowest BCUT2D eigenvalue weighted by molar-refractivity contribution is 0.102. The molecule has 0 radical (unpaired) electrons. The number of nitrogens with zero attached hydrogens (tertiary/aromatic N) is 3. The number of benzene rings is 2. The fourth-order valence-corrected chi connectivity index (χ4v) is 3.12. The number of hydrogen-bond donors (Lipinski definition) is 2. The summed E-state index contributed by atoms with van der Waals surface area (Å²) in [6.07, 6.45) is 0. The third-order valence-corrected chi connectivity index (χ3v) is 4.25. The van der Waals surface area contributed by atoms with E-state index in [2.05, 4.69) is 26.7 Å². The Morgan fingerprint density at radius 1 is 1.00 bits per heavy atom. The van der Waals surface area contributed by atoms with Gasteiger partial charge in [-0.2, -0.15) is 5.26 Å². The molecule has 0 saturated heterocycles. The highest BCUT2D eigenvalue weighted by atomic mass is 16.1. The van der Waals surface area contributed by atoms with Crippen molar-refractivity contribution in [3.8, 4) is 6.07 Å². The largest absolute Gasteiger partial charge is 0.340 e. The van der Waals surface area contributed by atoms with Crippen molar-refractivity contribution in [3.63, 3.8) is 0 Å². The number of rotatable bonds is 4. The first kappa shape index (κ1) is 19.1. The molecule has 0 aliphatic heterocycles. The summed E-state index contributed by atoms with van der Waals surface area (Å²) in [5.74, 6) is 0.670. The van der Waals surface area contributed by atoms with Crippen molar-refractivity contribution in [2.24, 2.45) is 0 Å². The molecule has 3 rings (SSSR count). The maximum Gasteiger partial charge on any atom is 0.274 e. The van der Waals surface area contributed by atoms with Crippen LogP contribution in [-0.4, -0.2) is 15.9 Å². The van der Waals surface area contributed by atoms with Gasteiger partial charge < -0.3 is 10.6 Å². The molecule has 28 heavy (non-hydrogen) atoms. The molecule has 140 valence electrons. The number of nitriles is 1. The number of carbonyl (C=O) groups is 1. The van der Waals surface area contributed by atoms with Crippen molar-refractivity contribution >= 4 is 23.1 Å². The fraction of sp³-hybridized carbons (Fsp3) is 0.182. The van der Waals surface area contributed by atoms with Gasteiger partial charge in [-0.25, -0.2) is 9.97 Å². The van der Waals surface area contributed by atoms with Crippen LogP contribution in [0.15, 0.2) is 42.5 Å². The van der Waals surface area contributed by atoms with Crippen LogP contribution < -0.4 is 10.6 Å². The van der Waals surface area contributed by atoms with Gasteiger partial charge in [0.1, 0.15) is 17.3 Å². The van der Waals surface area contributed by atoms with Crippen molar-refractivity contribution in [2.45, 2.75) is 27.7 Å². The van der Waals surface area contributed by atoms with Crippen molar-refractivity contribution in [3.05, 3.63) is 76.2 Å². The summed E-state index contributed by atoms with van der Waals surface area (Å²) in [5, 5.41) is 15.1. The first-order chi connectivity index (χ1) is 13.4. The second kappa shape index (κ2) is 7.89. The Bertz CT molecular complexity index is 1080. The first-order valence-electron chi connectivity index (χ1n) is 8.88. The SMILES string of the molecule is Cc1cc(C)c(NC(=O)c2cc(Nc3cccc(C#N)c3)nc(C)n2)c(C)c1. The van der Waals surface area contributed by atoms with Gasteiger partial charge in [0.2, 0.25) is 0 Å². The Kier molecular flexibility index (Phi) is 5.37. The average molecular weight is 371 g/mol. The summed E-state index contributed by atoms with van der Waals surface area (Å²) < 4.78 is 0. The lowest BCUT2D eigenvalue weighted by Gasteiger charge is -2.13. The monoisotopic (exact) mass is 371 g/mol. The molecule has 1 amide bonds. The van der Waals surface area contributed by atoms with Gasteiger partial charge in [-0.1, -0.05) is 23.8 Å². The van der Waals surface area contributed by atoms with Crippen LogP contribution in [0, 0.1) is 39.0 Å². The van der Waals surface area contributed by atoms with Crippen molar-refractivity contribution in [1.82, 2.24) is 9.97 Å². The maximum absolute atomic E-state index is 12.8. The van der Waals surface area contributed by atoms with Gasteiger partial charge in [-0.3, -0.25) is 4.79 Å². The fourth-order valence-electron chi connectivity index (χ4n) is 3.12. The maximum atomic E-state index is 12.8. The molecule has 0 unspecified atom stereocenters. The Labute approximate surface area is 164 Å². The van der Waals surface area contributed by atoms with Crippen LogP contribution in [0.5, 0.6) is 0 Å². The summed E-state index contributed by atoms with van der Waals surface area (Å²) in [6.45, 7) is 7.70. The van der Waals surface area contributed by atoms with E-state index < -0.39 is 0 Å². The Morgan fingerprint density at radius 3 is 2.39 bits per heavy atom. The van der Waals surface area contributed by atoms with E-state index in [-0.39, 0.29) is 11.6 Å². The molecule has 1 heterocycles. The summed E-state index contributed by atoms with van der Waals surface area (Å²) in [5.41, 5.74) is 5.48. The topological polar surface area (TPSA) is 90.7 Å². The molecule has 0 bridgehead atoms. The average Bonchev–Trinajstić information content (AvgIpc) is 2.64. The van der Waals surface area contributed by atoms with Crippen molar-refractivity contribution in [1.29, 1.82) is 5.26 Å². The quantitative estimate of drug-likeness (QED) is 0.700. The van der Waals surface area contributed by atoms with Crippen LogP contribution in [0.1, 0.15) is 38.6 Å². The third kappa shape index (κ3) is 4.33. The lowest BCUT2D eigenvalue weighted by atomic mass is 10.0. The van der Waals surface area contributed by atoms with Gasteiger partial charge in [0, 0.05) is 17.4 Å². The number of aryl methyl sites for hydroxylation is 4. The van der Waals surface area contributed by atoms with Crippen LogP contribution in [0.4, 0.5) is 17.2 Å². The van der Waals surface area contributed by atoms with Crippen LogP contribution in [-0.2, 0) is 0 Å².